The third kappa shape index (κ3) is 4.03. The summed E-state index contributed by atoms with van der Waals surface area (Å²) in [5.41, 5.74) is 4.03. The molecule has 0 spiro atoms. The normalized spacial score (nSPS) is 17.8. The van der Waals surface area contributed by atoms with Gasteiger partial charge in [0.2, 0.25) is 0 Å². The van der Waals surface area contributed by atoms with Crippen molar-refractivity contribution in [2.24, 2.45) is 0 Å². The van der Waals surface area contributed by atoms with E-state index in [0.717, 1.165) is 35.1 Å². The number of rotatable bonds is 4. The lowest BCUT2D eigenvalue weighted by Crippen LogP contribution is -1.95. The van der Waals surface area contributed by atoms with E-state index in [1.807, 2.05) is 12.2 Å². The maximum atomic E-state index is 12.6. The van der Waals surface area contributed by atoms with Gasteiger partial charge in [-0.25, -0.2) is 0 Å². The SMILES string of the molecule is CSc1ccc(C=C2CCC(=Cc3ccc(SC)cc3)C2=O)cc1. The van der Waals surface area contributed by atoms with Gasteiger partial charge in [-0.2, -0.15) is 0 Å². The van der Waals surface area contributed by atoms with Gasteiger partial charge in [0.15, 0.2) is 5.78 Å². The maximum Gasteiger partial charge on any atom is 0.185 e. The van der Waals surface area contributed by atoms with Crippen molar-refractivity contribution in [2.75, 3.05) is 12.5 Å². The van der Waals surface area contributed by atoms with Crippen LogP contribution in [0.4, 0.5) is 0 Å². The summed E-state index contributed by atoms with van der Waals surface area (Å²) in [5, 5.41) is 0. The third-order valence-electron chi connectivity index (χ3n) is 4.16. The number of ketones is 1. The second-order valence-electron chi connectivity index (χ2n) is 5.71. The first-order valence-corrected chi connectivity index (χ1v) is 10.4. The molecule has 2 aromatic carbocycles. The van der Waals surface area contributed by atoms with Gasteiger partial charge in [-0.05, 0) is 72.9 Å². The van der Waals surface area contributed by atoms with Gasteiger partial charge in [-0.15, -0.1) is 23.5 Å². The Morgan fingerprint density at radius 1 is 0.708 bits per heavy atom. The van der Waals surface area contributed by atoms with Crippen molar-refractivity contribution in [1.82, 2.24) is 0 Å². The van der Waals surface area contributed by atoms with Gasteiger partial charge in [-0.3, -0.25) is 4.79 Å². The number of allylic oxidation sites excluding steroid dienone is 2. The molecule has 3 rings (SSSR count). The van der Waals surface area contributed by atoms with Crippen LogP contribution in [0.25, 0.3) is 12.2 Å². The Morgan fingerprint density at radius 3 is 1.42 bits per heavy atom. The molecule has 0 saturated heterocycles. The van der Waals surface area contributed by atoms with Crippen molar-refractivity contribution in [3.8, 4) is 0 Å². The van der Waals surface area contributed by atoms with Gasteiger partial charge in [-0.1, -0.05) is 24.3 Å². The first kappa shape index (κ1) is 17.1. The van der Waals surface area contributed by atoms with Gasteiger partial charge >= 0.3 is 0 Å². The molecular formula is C21H20OS2. The fourth-order valence-electron chi connectivity index (χ4n) is 2.78. The van der Waals surface area contributed by atoms with E-state index in [4.69, 9.17) is 0 Å². The summed E-state index contributed by atoms with van der Waals surface area (Å²) in [6.45, 7) is 0. The number of carbonyl (C=O) groups is 1. The average Bonchev–Trinajstić information content (AvgIpc) is 2.96. The zero-order chi connectivity index (χ0) is 16.9. The van der Waals surface area contributed by atoms with E-state index in [1.165, 1.54) is 9.79 Å². The molecule has 0 aliphatic heterocycles. The minimum atomic E-state index is 0.192. The second kappa shape index (κ2) is 7.91. The molecule has 2 aromatic rings. The molecule has 1 fully saturated rings. The summed E-state index contributed by atoms with van der Waals surface area (Å²) >= 11 is 3.45. The molecule has 0 radical (unpaired) electrons. The van der Waals surface area contributed by atoms with Crippen LogP contribution in [0.1, 0.15) is 24.0 Å². The Bertz CT molecular complexity index is 716. The molecule has 0 unspecified atom stereocenters. The van der Waals surface area contributed by atoms with Gasteiger partial charge in [0.25, 0.3) is 0 Å². The smallest absolute Gasteiger partial charge is 0.185 e. The number of hydrogen-bond donors (Lipinski definition) is 0. The predicted octanol–water partition coefficient (Wildman–Crippen LogP) is 5.96. The van der Waals surface area contributed by atoms with Crippen molar-refractivity contribution >= 4 is 41.5 Å². The Balaban J connectivity index is 1.78. The highest BCUT2D eigenvalue weighted by Gasteiger charge is 2.22. The molecule has 0 N–H and O–H groups in total. The van der Waals surface area contributed by atoms with Crippen LogP contribution in [0.15, 0.2) is 69.5 Å². The van der Waals surface area contributed by atoms with Crippen molar-refractivity contribution in [2.45, 2.75) is 22.6 Å². The summed E-state index contributed by atoms with van der Waals surface area (Å²) in [5.74, 6) is 0.192. The molecule has 0 bridgehead atoms. The maximum absolute atomic E-state index is 12.6. The Labute approximate surface area is 152 Å². The van der Waals surface area contributed by atoms with Crippen LogP contribution >= 0.6 is 23.5 Å². The lowest BCUT2D eigenvalue weighted by Gasteiger charge is -2.00. The molecule has 1 aliphatic carbocycles. The number of hydrogen-bond acceptors (Lipinski definition) is 3. The van der Waals surface area contributed by atoms with Crippen LogP contribution in [0.2, 0.25) is 0 Å². The highest BCUT2D eigenvalue weighted by Crippen LogP contribution is 2.30. The van der Waals surface area contributed by atoms with E-state index in [-0.39, 0.29) is 5.78 Å². The van der Waals surface area contributed by atoms with Crippen LogP contribution in [-0.4, -0.2) is 18.3 Å². The molecule has 0 heterocycles. The third-order valence-corrected chi connectivity index (χ3v) is 5.65. The lowest BCUT2D eigenvalue weighted by molar-refractivity contribution is -0.111. The van der Waals surface area contributed by atoms with Crippen molar-refractivity contribution < 1.29 is 4.79 Å². The standard InChI is InChI=1S/C21H20OS2/c1-23-19-9-3-15(4-10-19)13-17-7-8-18(21(17)22)14-16-5-11-20(24-2)12-6-16/h3-6,9-14H,7-8H2,1-2H3. The molecule has 3 heteroatoms. The van der Waals surface area contributed by atoms with Gasteiger partial charge in [0.05, 0.1) is 0 Å². The summed E-state index contributed by atoms with van der Waals surface area (Å²) in [4.78, 5) is 15.1. The summed E-state index contributed by atoms with van der Waals surface area (Å²) in [7, 11) is 0. The molecule has 1 nitrogen and oxygen atoms in total. The summed E-state index contributed by atoms with van der Waals surface area (Å²) < 4.78 is 0. The van der Waals surface area contributed by atoms with E-state index in [1.54, 1.807) is 23.5 Å². The molecule has 0 aromatic heterocycles. The number of benzene rings is 2. The molecule has 24 heavy (non-hydrogen) atoms. The van der Waals surface area contributed by atoms with Gasteiger partial charge in [0, 0.05) is 20.9 Å². The van der Waals surface area contributed by atoms with Crippen LogP contribution < -0.4 is 0 Å². The quantitative estimate of drug-likeness (QED) is 0.499. The number of thioether (sulfide) groups is 2. The summed E-state index contributed by atoms with van der Waals surface area (Å²) in [6, 6.07) is 16.7. The average molecular weight is 353 g/mol. The van der Waals surface area contributed by atoms with Crippen molar-refractivity contribution in [3.05, 3.63) is 70.8 Å². The van der Waals surface area contributed by atoms with Crippen LogP contribution in [0, 0.1) is 0 Å². The van der Waals surface area contributed by atoms with E-state index >= 15 is 0 Å². The fourth-order valence-corrected chi connectivity index (χ4v) is 3.60. The van der Waals surface area contributed by atoms with Crippen LogP contribution in [0.5, 0.6) is 0 Å². The molecule has 1 saturated carbocycles. The van der Waals surface area contributed by atoms with Gasteiger partial charge < -0.3 is 0 Å². The Hall–Kier alpha value is -1.71. The fraction of sp³-hybridized carbons (Fsp3) is 0.190. The Kier molecular flexibility index (Phi) is 5.64. The monoisotopic (exact) mass is 352 g/mol. The van der Waals surface area contributed by atoms with Crippen LogP contribution in [-0.2, 0) is 4.79 Å². The zero-order valence-corrected chi connectivity index (χ0v) is 15.5. The largest absolute Gasteiger partial charge is 0.289 e. The minimum Gasteiger partial charge on any atom is -0.289 e. The highest BCUT2D eigenvalue weighted by atomic mass is 32.2. The zero-order valence-electron chi connectivity index (χ0n) is 13.9. The van der Waals surface area contributed by atoms with E-state index in [9.17, 15) is 4.79 Å². The summed E-state index contributed by atoms with van der Waals surface area (Å²) in [6.07, 6.45) is 9.86. The first-order chi connectivity index (χ1) is 11.7. The minimum absolute atomic E-state index is 0.192. The number of carbonyl (C=O) groups excluding carboxylic acids is 1. The molecule has 1 aliphatic rings. The van der Waals surface area contributed by atoms with Crippen molar-refractivity contribution in [1.29, 1.82) is 0 Å². The van der Waals surface area contributed by atoms with Crippen LogP contribution in [0.3, 0.4) is 0 Å². The number of Topliss-reactive ketones (excluding diaryl/α,β-unsaturated/α-hetero) is 1. The molecular weight excluding hydrogens is 332 g/mol. The highest BCUT2D eigenvalue weighted by molar-refractivity contribution is 7.98. The van der Waals surface area contributed by atoms with E-state index in [2.05, 4.69) is 61.0 Å². The first-order valence-electron chi connectivity index (χ1n) is 7.93. The van der Waals surface area contributed by atoms with E-state index in [0.29, 0.717) is 0 Å². The van der Waals surface area contributed by atoms with E-state index < -0.39 is 0 Å². The lowest BCUT2D eigenvalue weighted by atomic mass is 10.1. The topological polar surface area (TPSA) is 17.1 Å². The molecule has 0 atom stereocenters. The molecule has 0 amide bonds. The van der Waals surface area contributed by atoms with Gasteiger partial charge in [0.1, 0.15) is 0 Å². The Morgan fingerprint density at radius 2 is 1.08 bits per heavy atom. The second-order valence-corrected chi connectivity index (χ2v) is 7.47. The molecule has 122 valence electrons. The predicted molar refractivity (Wildman–Crippen MR) is 107 cm³/mol. The van der Waals surface area contributed by atoms with Crippen molar-refractivity contribution in [3.63, 3.8) is 0 Å².